The summed E-state index contributed by atoms with van der Waals surface area (Å²) in [6, 6.07) is 19.3. The fourth-order valence-corrected chi connectivity index (χ4v) is 5.46. The fraction of sp³-hybridized carbons (Fsp3) is 0.281. The van der Waals surface area contributed by atoms with Crippen molar-refractivity contribution in [3.05, 3.63) is 128 Å². The summed E-state index contributed by atoms with van der Waals surface area (Å²) in [5.41, 5.74) is 0.255. The molecule has 0 aliphatic carbocycles. The van der Waals surface area contributed by atoms with Crippen LogP contribution in [0.3, 0.4) is 0 Å². The Labute approximate surface area is 241 Å². The highest BCUT2D eigenvalue weighted by Gasteiger charge is 2.29. The number of piperazine rings is 1. The molecule has 8 nitrogen and oxygen atoms in total. The van der Waals surface area contributed by atoms with Crippen LogP contribution in [0.5, 0.6) is 5.75 Å². The Morgan fingerprint density at radius 2 is 1.48 bits per heavy atom. The minimum Gasteiger partial charge on any atom is -0.507 e. The van der Waals surface area contributed by atoms with Gasteiger partial charge in [-0.15, -0.1) is 0 Å². The maximum Gasteiger partial charge on any atom is 0.331 e. The molecule has 5 rings (SSSR count). The van der Waals surface area contributed by atoms with Crippen LogP contribution in [0.25, 0.3) is 0 Å². The first-order chi connectivity index (χ1) is 20.2. The molecule has 0 bridgehead atoms. The molecule has 0 saturated carbocycles. The van der Waals surface area contributed by atoms with E-state index in [4.69, 9.17) is 0 Å². The van der Waals surface area contributed by atoms with Crippen molar-refractivity contribution in [3.8, 4) is 5.75 Å². The van der Waals surface area contributed by atoms with E-state index in [-0.39, 0.29) is 79.4 Å². The summed E-state index contributed by atoms with van der Waals surface area (Å²) in [5.74, 6) is -2.19. The number of phenols is 1. The normalized spacial score (nSPS) is 14.2. The molecule has 1 aliphatic heterocycles. The second-order valence-corrected chi connectivity index (χ2v) is 10.5. The van der Waals surface area contributed by atoms with Crippen molar-refractivity contribution in [3.63, 3.8) is 0 Å². The van der Waals surface area contributed by atoms with Crippen LogP contribution in [-0.4, -0.2) is 51.2 Å². The Bertz CT molecular complexity index is 1710. The lowest BCUT2D eigenvalue weighted by Gasteiger charge is -2.37. The summed E-state index contributed by atoms with van der Waals surface area (Å²) in [5, 5.41) is 10.1. The largest absolute Gasteiger partial charge is 0.507 e. The van der Waals surface area contributed by atoms with Crippen molar-refractivity contribution in [1.82, 2.24) is 14.0 Å². The van der Waals surface area contributed by atoms with E-state index in [9.17, 15) is 28.3 Å². The number of aromatic hydroxyl groups is 1. The molecule has 10 heteroatoms. The van der Waals surface area contributed by atoms with Gasteiger partial charge in [0, 0.05) is 44.0 Å². The summed E-state index contributed by atoms with van der Waals surface area (Å²) >= 11 is 0. The number of carbonyl (C=O) groups is 1. The summed E-state index contributed by atoms with van der Waals surface area (Å²) in [7, 11) is 0. The second kappa shape index (κ2) is 12.0. The van der Waals surface area contributed by atoms with Gasteiger partial charge in [0.2, 0.25) is 0 Å². The molecule has 42 heavy (non-hydrogen) atoms. The zero-order valence-electron chi connectivity index (χ0n) is 23.5. The number of benzene rings is 3. The first kappa shape index (κ1) is 28.8. The number of nitrogens with zero attached hydrogens (tertiary/aromatic N) is 4. The summed E-state index contributed by atoms with van der Waals surface area (Å²) < 4.78 is 31.7. The van der Waals surface area contributed by atoms with Gasteiger partial charge in [-0.3, -0.25) is 18.7 Å². The third-order valence-corrected chi connectivity index (χ3v) is 7.88. The quantitative estimate of drug-likeness (QED) is 0.359. The third kappa shape index (κ3) is 5.57. The van der Waals surface area contributed by atoms with Crippen LogP contribution >= 0.6 is 0 Å². The van der Waals surface area contributed by atoms with E-state index in [0.29, 0.717) is 0 Å². The van der Waals surface area contributed by atoms with Crippen molar-refractivity contribution in [2.24, 2.45) is 0 Å². The molecular weight excluding hydrogens is 542 g/mol. The molecule has 1 aromatic heterocycles. The number of phenolic OH excluding ortho intramolecular Hbond substituents is 1. The van der Waals surface area contributed by atoms with Gasteiger partial charge >= 0.3 is 5.69 Å². The standard InChI is InChI=1S/C32H32F2N4O4/c1-21(23-9-4-3-5-10-23)19-38-31(41)29(22(2)37(32(38)42)20-25-26(33)12-8-13-27(25)34)35-15-17-36(18-16-35)30(40)24-11-6-7-14-28(24)39/h3-14,21,39H,15-20H2,1-2H3/t21-/m0/s1. The number of carbonyl (C=O) groups excluding carboxylic acids is 1. The lowest BCUT2D eigenvalue weighted by molar-refractivity contribution is 0.0743. The van der Waals surface area contributed by atoms with Crippen LogP contribution in [-0.2, 0) is 13.1 Å². The molecule has 4 aromatic rings. The van der Waals surface area contributed by atoms with E-state index in [1.807, 2.05) is 42.2 Å². The van der Waals surface area contributed by atoms with Crippen LogP contribution in [0.1, 0.15) is 40.0 Å². The predicted octanol–water partition coefficient (Wildman–Crippen LogP) is 4.12. The lowest BCUT2D eigenvalue weighted by atomic mass is 10.0. The number of amides is 1. The van der Waals surface area contributed by atoms with Gasteiger partial charge in [-0.25, -0.2) is 13.6 Å². The van der Waals surface area contributed by atoms with E-state index >= 15 is 0 Å². The highest BCUT2D eigenvalue weighted by Crippen LogP contribution is 2.23. The van der Waals surface area contributed by atoms with Gasteiger partial charge in [0.1, 0.15) is 23.1 Å². The molecule has 218 valence electrons. The molecule has 1 atom stereocenters. The molecule has 0 spiro atoms. The summed E-state index contributed by atoms with van der Waals surface area (Å²) in [4.78, 5) is 44.1. The van der Waals surface area contributed by atoms with Gasteiger partial charge in [-0.2, -0.15) is 0 Å². The minimum atomic E-state index is -0.783. The number of hydrogen-bond donors (Lipinski definition) is 1. The number of aromatic nitrogens is 2. The van der Waals surface area contributed by atoms with E-state index in [0.717, 1.165) is 22.3 Å². The van der Waals surface area contributed by atoms with Gasteiger partial charge in [0.25, 0.3) is 11.5 Å². The lowest BCUT2D eigenvalue weighted by Crippen LogP contribution is -2.52. The Morgan fingerprint density at radius 1 is 0.857 bits per heavy atom. The zero-order valence-corrected chi connectivity index (χ0v) is 23.5. The molecule has 1 amide bonds. The Hall–Kier alpha value is -4.73. The Balaban J connectivity index is 1.52. The molecule has 1 fully saturated rings. The van der Waals surface area contributed by atoms with Crippen molar-refractivity contribution in [2.45, 2.75) is 32.9 Å². The molecule has 1 N–H and O–H groups in total. The van der Waals surface area contributed by atoms with Gasteiger partial charge in [0.05, 0.1) is 12.1 Å². The van der Waals surface area contributed by atoms with E-state index in [1.54, 1.807) is 30.0 Å². The van der Waals surface area contributed by atoms with Gasteiger partial charge in [0.15, 0.2) is 0 Å². The minimum absolute atomic E-state index is 0.0699. The van der Waals surface area contributed by atoms with Crippen LogP contribution in [0.15, 0.2) is 82.4 Å². The average molecular weight is 575 g/mol. The number of anilines is 1. The predicted molar refractivity (Wildman–Crippen MR) is 156 cm³/mol. The average Bonchev–Trinajstić information content (AvgIpc) is 2.99. The maximum absolute atomic E-state index is 14.7. The van der Waals surface area contributed by atoms with Crippen LogP contribution in [0.4, 0.5) is 14.5 Å². The molecule has 1 saturated heterocycles. The highest BCUT2D eigenvalue weighted by atomic mass is 19.1. The Kier molecular flexibility index (Phi) is 8.24. The number of hydrogen-bond acceptors (Lipinski definition) is 5. The zero-order chi connectivity index (χ0) is 30.0. The maximum atomic E-state index is 14.7. The van der Waals surface area contributed by atoms with Gasteiger partial charge in [-0.1, -0.05) is 55.5 Å². The van der Waals surface area contributed by atoms with Crippen molar-refractivity contribution in [1.29, 1.82) is 0 Å². The van der Waals surface area contributed by atoms with Gasteiger partial charge in [-0.05, 0) is 42.7 Å². The highest BCUT2D eigenvalue weighted by molar-refractivity contribution is 5.97. The van der Waals surface area contributed by atoms with Crippen LogP contribution < -0.4 is 16.1 Å². The van der Waals surface area contributed by atoms with Crippen molar-refractivity contribution < 1.29 is 18.7 Å². The van der Waals surface area contributed by atoms with Crippen molar-refractivity contribution >= 4 is 11.6 Å². The first-order valence-electron chi connectivity index (χ1n) is 13.8. The molecule has 0 unspecified atom stereocenters. The molecule has 2 heterocycles. The molecular formula is C32H32F2N4O4. The Morgan fingerprint density at radius 3 is 2.12 bits per heavy atom. The van der Waals surface area contributed by atoms with Crippen LogP contribution in [0.2, 0.25) is 0 Å². The molecule has 0 radical (unpaired) electrons. The van der Waals surface area contributed by atoms with E-state index < -0.39 is 22.9 Å². The smallest absolute Gasteiger partial charge is 0.331 e. The van der Waals surface area contributed by atoms with Crippen LogP contribution in [0, 0.1) is 18.6 Å². The number of halogens is 2. The fourth-order valence-electron chi connectivity index (χ4n) is 5.46. The van der Waals surface area contributed by atoms with E-state index in [1.165, 1.54) is 16.7 Å². The monoisotopic (exact) mass is 574 g/mol. The number of rotatable bonds is 7. The third-order valence-electron chi connectivity index (χ3n) is 7.88. The summed E-state index contributed by atoms with van der Waals surface area (Å²) in [6.07, 6.45) is 0. The number of para-hydroxylation sites is 1. The molecule has 1 aliphatic rings. The second-order valence-electron chi connectivity index (χ2n) is 10.5. The van der Waals surface area contributed by atoms with E-state index in [2.05, 4.69) is 0 Å². The molecule has 3 aromatic carbocycles. The SMILES string of the molecule is Cc1c(N2CCN(C(=O)c3ccccc3O)CC2)c(=O)n(C[C@H](C)c2ccccc2)c(=O)n1Cc1c(F)cccc1F. The van der Waals surface area contributed by atoms with Crippen molar-refractivity contribution in [2.75, 3.05) is 31.1 Å². The van der Waals surface area contributed by atoms with Gasteiger partial charge < -0.3 is 14.9 Å². The summed E-state index contributed by atoms with van der Waals surface area (Å²) in [6.45, 7) is 4.31. The topological polar surface area (TPSA) is 87.8 Å². The first-order valence-corrected chi connectivity index (χ1v) is 13.8.